The van der Waals surface area contributed by atoms with Gasteiger partial charge in [-0.3, -0.25) is 0 Å². The molecule has 0 aliphatic rings. The number of hydrogen-bond donors (Lipinski definition) is 2. The van der Waals surface area contributed by atoms with Crippen molar-refractivity contribution in [2.24, 2.45) is 0 Å². The molecule has 7 nitrogen and oxygen atoms in total. The van der Waals surface area contributed by atoms with Crippen molar-refractivity contribution in [1.29, 1.82) is 0 Å². The average molecular weight is 305 g/mol. The Balaban J connectivity index is 1.70. The molecule has 1 aromatic carbocycles. The summed E-state index contributed by atoms with van der Waals surface area (Å²) in [5.41, 5.74) is 16.3. The second kappa shape index (κ2) is 5.13. The molecule has 0 amide bonds. The topological polar surface area (TPSA) is 100 Å². The summed E-state index contributed by atoms with van der Waals surface area (Å²) in [6.45, 7) is 0.669. The van der Waals surface area contributed by atoms with E-state index >= 15 is 0 Å². The first kappa shape index (κ1) is 13.3. The predicted octanol–water partition coefficient (Wildman–Crippen LogP) is 1.81. The molecule has 4 aromatic rings. The monoisotopic (exact) mass is 305 g/mol. The first-order chi connectivity index (χ1) is 11.2. The zero-order chi connectivity index (χ0) is 15.8. The van der Waals surface area contributed by atoms with Gasteiger partial charge >= 0.3 is 0 Å². The molecule has 23 heavy (non-hydrogen) atoms. The van der Waals surface area contributed by atoms with E-state index in [1.165, 1.54) is 6.33 Å². The molecule has 4 N–H and O–H groups in total. The fourth-order valence-electron chi connectivity index (χ4n) is 2.63. The van der Waals surface area contributed by atoms with Crippen LogP contribution in [0.1, 0.15) is 5.56 Å². The van der Waals surface area contributed by atoms with Gasteiger partial charge < -0.3 is 16.0 Å². The number of nitrogen functional groups attached to an aromatic ring is 2. The summed E-state index contributed by atoms with van der Waals surface area (Å²) in [5, 5.41) is 4.17. The van der Waals surface area contributed by atoms with Crippen LogP contribution in [0.15, 0.2) is 55.4 Å². The summed E-state index contributed by atoms with van der Waals surface area (Å²) in [6.07, 6.45) is 7.04. The summed E-state index contributed by atoms with van der Waals surface area (Å²) in [6, 6.07) is 9.73. The third kappa shape index (κ3) is 2.38. The molecule has 0 aliphatic heterocycles. The zero-order valence-corrected chi connectivity index (χ0v) is 12.3. The van der Waals surface area contributed by atoms with E-state index in [2.05, 4.69) is 19.6 Å². The minimum Gasteiger partial charge on any atom is -0.399 e. The van der Waals surface area contributed by atoms with Gasteiger partial charge in [-0.05, 0) is 29.3 Å². The van der Waals surface area contributed by atoms with E-state index in [1.807, 2.05) is 49.1 Å². The quantitative estimate of drug-likeness (QED) is 0.562. The number of anilines is 2. The van der Waals surface area contributed by atoms with E-state index in [0.717, 1.165) is 28.0 Å². The van der Waals surface area contributed by atoms with Crippen LogP contribution in [-0.2, 0) is 6.54 Å². The number of nitrogens with zero attached hydrogens (tertiary/aromatic N) is 5. The van der Waals surface area contributed by atoms with Gasteiger partial charge in [-0.25, -0.2) is 14.5 Å². The molecule has 0 atom stereocenters. The van der Waals surface area contributed by atoms with Crippen molar-refractivity contribution in [3.05, 3.63) is 60.9 Å². The largest absolute Gasteiger partial charge is 0.399 e. The number of imidazole rings is 1. The van der Waals surface area contributed by atoms with Gasteiger partial charge in [0.1, 0.15) is 11.8 Å². The van der Waals surface area contributed by atoms with Gasteiger partial charge in [-0.2, -0.15) is 5.10 Å². The Morgan fingerprint density at radius 1 is 1.09 bits per heavy atom. The number of rotatable bonds is 3. The Bertz CT molecular complexity index is 966. The normalized spacial score (nSPS) is 11.1. The van der Waals surface area contributed by atoms with Gasteiger partial charge in [0.05, 0.1) is 24.8 Å². The standard InChI is InChI=1S/C16H15N7/c17-13-3-1-12(2-4-13)15-6-19-10-22(15)7-11-5-14-16(18)20-9-21-23(14)8-11/h1-6,8-10H,7,17H2,(H2,18,20,21). The highest BCUT2D eigenvalue weighted by atomic mass is 15.2. The Kier molecular flexibility index (Phi) is 2.97. The van der Waals surface area contributed by atoms with Gasteiger partial charge in [0.15, 0.2) is 5.82 Å². The molecule has 3 aromatic heterocycles. The van der Waals surface area contributed by atoms with Crippen molar-refractivity contribution in [2.45, 2.75) is 6.54 Å². The van der Waals surface area contributed by atoms with Crippen molar-refractivity contribution >= 4 is 17.0 Å². The van der Waals surface area contributed by atoms with Crippen molar-refractivity contribution in [3.8, 4) is 11.3 Å². The van der Waals surface area contributed by atoms with E-state index < -0.39 is 0 Å². The summed E-state index contributed by atoms with van der Waals surface area (Å²) in [7, 11) is 0. The maximum absolute atomic E-state index is 5.88. The molecular formula is C16H15N7. The second-order valence-corrected chi connectivity index (χ2v) is 5.35. The smallest absolute Gasteiger partial charge is 0.151 e. The third-order valence-electron chi connectivity index (χ3n) is 3.76. The van der Waals surface area contributed by atoms with Gasteiger partial charge in [-0.1, -0.05) is 12.1 Å². The molecule has 0 bridgehead atoms. The highest BCUT2D eigenvalue weighted by Crippen LogP contribution is 2.22. The average Bonchev–Trinajstić information content (AvgIpc) is 3.16. The zero-order valence-electron chi connectivity index (χ0n) is 12.3. The fourth-order valence-corrected chi connectivity index (χ4v) is 2.63. The summed E-state index contributed by atoms with van der Waals surface area (Å²) >= 11 is 0. The number of fused-ring (bicyclic) bond motifs is 1. The van der Waals surface area contributed by atoms with Gasteiger partial charge in [0.25, 0.3) is 0 Å². The van der Waals surface area contributed by atoms with Crippen LogP contribution in [-0.4, -0.2) is 24.1 Å². The van der Waals surface area contributed by atoms with Crippen LogP contribution in [0.5, 0.6) is 0 Å². The molecule has 0 aliphatic carbocycles. The number of nitrogens with two attached hydrogens (primary N) is 2. The van der Waals surface area contributed by atoms with Crippen molar-refractivity contribution < 1.29 is 0 Å². The van der Waals surface area contributed by atoms with Crippen molar-refractivity contribution in [3.63, 3.8) is 0 Å². The van der Waals surface area contributed by atoms with E-state index in [-0.39, 0.29) is 0 Å². The van der Waals surface area contributed by atoms with Crippen molar-refractivity contribution in [2.75, 3.05) is 11.5 Å². The molecule has 0 spiro atoms. The van der Waals surface area contributed by atoms with Crippen molar-refractivity contribution in [1.82, 2.24) is 24.1 Å². The highest BCUT2D eigenvalue weighted by molar-refractivity contribution is 5.66. The molecule has 7 heteroatoms. The second-order valence-electron chi connectivity index (χ2n) is 5.35. The Morgan fingerprint density at radius 3 is 2.70 bits per heavy atom. The molecule has 0 saturated heterocycles. The number of aromatic nitrogens is 5. The van der Waals surface area contributed by atoms with E-state index in [1.54, 1.807) is 4.52 Å². The van der Waals surface area contributed by atoms with Gasteiger partial charge in [0.2, 0.25) is 0 Å². The van der Waals surface area contributed by atoms with Crippen LogP contribution >= 0.6 is 0 Å². The van der Waals surface area contributed by atoms with E-state index in [4.69, 9.17) is 11.5 Å². The Morgan fingerprint density at radius 2 is 1.91 bits per heavy atom. The minimum absolute atomic E-state index is 0.468. The van der Waals surface area contributed by atoms with Crippen LogP contribution < -0.4 is 11.5 Å². The molecule has 0 unspecified atom stereocenters. The fraction of sp³-hybridized carbons (Fsp3) is 0.0625. The molecule has 4 rings (SSSR count). The number of benzene rings is 1. The van der Waals surface area contributed by atoms with E-state index in [0.29, 0.717) is 12.4 Å². The molecule has 0 fully saturated rings. The maximum atomic E-state index is 5.88. The third-order valence-corrected chi connectivity index (χ3v) is 3.76. The first-order valence-corrected chi connectivity index (χ1v) is 7.14. The first-order valence-electron chi connectivity index (χ1n) is 7.14. The van der Waals surface area contributed by atoms with Crippen LogP contribution in [0.2, 0.25) is 0 Å². The van der Waals surface area contributed by atoms with E-state index in [9.17, 15) is 0 Å². The molecule has 0 radical (unpaired) electrons. The Hall–Kier alpha value is -3.35. The minimum atomic E-state index is 0.468. The van der Waals surface area contributed by atoms with Gasteiger partial charge in [-0.15, -0.1) is 0 Å². The van der Waals surface area contributed by atoms with Crippen LogP contribution in [0.4, 0.5) is 11.5 Å². The number of hydrogen-bond acceptors (Lipinski definition) is 5. The lowest BCUT2D eigenvalue weighted by Crippen LogP contribution is -1.99. The molecular weight excluding hydrogens is 290 g/mol. The highest BCUT2D eigenvalue weighted by Gasteiger charge is 2.09. The van der Waals surface area contributed by atoms with Crippen LogP contribution in [0.3, 0.4) is 0 Å². The SMILES string of the molecule is Nc1ccc(-c2cncn2Cc2cc3c(N)ncnn3c2)cc1. The lowest BCUT2D eigenvalue weighted by Gasteiger charge is -2.07. The lowest BCUT2D eigenvalue weighted by atomic mass is 10.1. The van der Waals surface area contributed by atoms with Gasteiger partial charge in [0, 0.05) is 11.9 Å². The van der Waals surface area contributed by atoms with Crippen LogP contribution in [0.25, 0.3) is 16.8 Å². The Labute approximate surface area is 132 Å². The predicted molar refractivity (Wildman–Crippen MR) is 88.6 cm³/mol. The maximum Gasteiger partial charge on any atom is 0.151 e. The molecule has 0 saturated carbocycles. The molecule has 114 valence electrons. The summed E-state index contributed by atoms with van der Waals surface area (Å²) in [5.74, 6) is 0.468. The van der Waals surface area contributed by atoms with Crippen LogP contribution in [0, 0.1) is 0 Å². The molecule has 3 heterocycles. The summed E-state index contributed by atoms with van der Waals surface area (Å²) < 4.78 is 3.81. The lowest BCUT2D eigenvalue weighted by molar-refractivity contribution is 0.799. The summed E-state index contributed by atoms with van der Waals surface area (Å²) in [4.78, 5) is 8.27.